The first-order chi connectivity index (χ1) is 24.3. The number of para-hydroxylation sites is 1. The summed E-state index contributed by atoms with van der Waals surface area (Å²) in [6.45, 7) is 0. The van der Waals surface area contributed by atoms with Gasteiger partial charge in [0, 0.05) is 34.2 Å². The van der Waals surface area contributed by atoms with Gasteiger partial charge in [0.2, 0.25) is 0 Å². The molecule has 0 bridgehead atoms. The second-order valence-electron chi connectivity index (χ2n) is 12.8. The summed E-state index contributed by atoms with van der Waals surface area (Å²) in [7, 11) is 0. The fourth-order valence-corrected chi connectivity index (χ4v) is 7.74. The van der Waals surface area contributed by atoms with E-state index in [0.717, 1.165) is 5.69 Å². The van der Waals surface area contributed by atoms with Crippen molar-refractivity contribution >= 4 is 54.1 Å². The molecule has 0 radical (unpaired) electrons. The van der Waals surface area contributed by atoms with Crippen molar-refractivity contribution in [2.24, 2.45) is 0 Å². The molecule has 0 aliphatic heterocycles. The van der Waals surface area contributed by atoms with Gasteiger partial charge in [-0.05, 0) is 109 Å². The second-order valence-corrected chi connectivity index (χ2v) is 12.8. The third-order valence-corrected chi connectivity index (χ3v) is 10.0. The fourth-order valence-electron chi connectivity index (χ4n) is 7.74. The van der Waals surface area contributed by atoms with E-state index in [2.05, 4.69) is 179 Å². The fraction of sp³-hybridized carbons (Fsp3) is 0. The topological polar surface area (TPSA) is 17.8 Å². The maximum atomic E-state index is 4.21. The molecule has 0 saturated carbocycles. The average Bonchev–Trinajstić information content (AvgIpc) is 3.52. The standard InChI is InChI=1S/C47H30N2/c1-2-12-38(13-3-1)49-46-30-34(18-21-43(46)44-22-19-37-28-33(17-20-40(37)47(44)49)31-23-25-48-26-24-31)32-10-8-11-35(27-32)45-29-36-9-4-5-14-39(36)41-15-6-7-16-42(41)45/h1-30H. The lowest BCUT2D eigenvalue weighted by Gasteiger charge is -2.13. The molecule has 10 rings (SSSR count). The third kappa shape index (κ3) is 4.46. The van der Waals surface area contributed by atoms with Crippen LogP contribution in [0.5, 0.6) is 0 Å². The highest BCUT2D eigenvalue weighted by Crippen LogP contribution is 2.41. The van der Waals surface area contributed by atoms with E-state index in [0.29, 0.717) is 0 Å². The van der Waals surface area contributed by atoms with Gasteiger partial charge in [-0.1, -0.05) is 121 Å². The molecular weight excluding hydrogens is 593 g/mol. The lowest BCUT2D eigenvalue weighted by Crippen LogP contribution is -1.94. The van der Waals surface area contributed by atoms with Gasteiger partial charge in [0.15, 0.2) is 0 Å². The number of hydrogen-bond acceptors (Lipinski definition) is 1. The van der Waals surface area contributed by atoms with Crippen LogP contribution in [0.25, 0.3) is 93.2 Å². The third-order valence-electron chi connectivity index (χ3n) is 10.0. The Morgan fingerprint density at radius 2 is 1.00 bits per heavy atom. The molecule has 0 fully saturated rings. The molecule has 0 aliphatic carbocycles. The van der Waals surface area contributed by atoms with Crippen LogP contribution in [0.2, 0.25) is 0 Å². The lowest BCUT2D eigenvalue weighted by molar-refractivity contribution is 1.19. The minimum absolute atomic E-state index is 1.15. The number of fused-ring (bicyclic) bond motifs is 8. The quantitative estimate of drug-likeness (QED) is 0.179. The van der Waals surface area contributed by atoms with Gasteiger partial charge in [0.1, 0.15) is 0 Å². The first-order valence-electron chi connectivity index (χ1n) is 16.8. The predicted octanol–water partition coefficient (Wildman–Crippen LogP) is 12.6. The zero-order valence-corrected chi connectivity index (χ0v) is 26.7. The summed E-state index contributed by atoms with van der Waals surface area (Å²) in [5.74, 6) is 0. The number of nitrogens with zero attached hydrogens (tertiary/aromatic N) is 2. The molecule has 0 spiro atoms. The van der Waals surface area contributed by atoms with Crippen LogP contribution < -0.4 is 0 Å². The Hall–Kier alpha value is -6.51. The van der Waals surface area contributed by atoms with Crippen molar-refractivity contribution in [2.75, 3.05) is 0 Å². The van der Waals surface area contributed by atoms with E-state index in [1.54, 1.807) is 0 Å². The van der Waals surface area contributed by atoms with Gasteiger partial charge < -0.3 is 4.57 Å². The molecule has 2 heteroatoms. The van der Waals surface area contributed by atoms with Crippen molar-refractivity contribution in [1.29, 1.82) is 0 Å². The number of benzene rings is 8. The Kier molecular flexibility index (Phi) is 6.22. The first kappa shape index (κ1) is 27.6. The maximum Gasteiger partial charge on any atom is 0.0619 e. The van der Waals surface area contributed by atoms with Crippen LogP contribution in [-0.4, -0.2) is 9.55 Å². The largest absolute Gasteiger partial charge is 0.309 e. The molecule has 0 aliphatic rings. The minimum atomic E-state index is 1.15. The van der Waals surface area contributed by atoms with Crippen LogP contribution in [-0.2, 0) is 0 Å². The number of aromatic nitrogens is 2. The van der Waals surface area contributed by atoms with E-state index >= 15 is 0 Å². The van der Waals surface area contributed by atoms with Crippen molar-refractivity contribution < 1.29 is 0 Å². The van der Waals surface area contributed by atoms with Gasteiger partial charge in [-0.15, -0.1) is 0 Å². The van der Waals surface area contributed by atoms with Gasteiger partial charge in [-0.3, -0.25) is 4.98 Å². The second kappa shape index (κ2) is 11.0. The Balaban J connectivity index is 1.18. The summed E-state index contributed by atoms with van der Waals surface area (Å²) >= 11 is 0. The zero-order chi connectivity index (χ0) is 32.3. The minimum Gasteiger partial charge on any atom is -0.309 e. The van der Waals surface area contributed by atoms with Crippen LogP contribution in [0.4, 0.5) is 0 Å². The van der Waals surface area contributed by atoms with E-state index in [4.69, 9.17) is 0 Å². The maximum absolute atomic E-state index is 4.21. The van der Waals surface area contributed by atoms with Crippen molar-refractivity contribution in [3.8, 4) is 39.1 Å². The Morgan fingerprint density at radius 1 is 0.347 bits per heavy atom. The molecular formula is C47H30N2. The highest BCUT2D eigenvalue weighted by molar-refractivity contribution is 6.19. The van der Waals surface area contributed by atoms with Gasteiger partial charge in [-0.2, -0.15) is 0 Å². The van der Waals surface area contributed by atoms with E-state index in [1.807, 2.05) is 12.4 Å². The van der Waals surface area contributed by atoms with Gasteiger partial charge in [0.25, 0.3) is 0 Å². The van der Waals surface area contributed by atoms with Crippen LogP contribution in [0.15, 0.2) is 182 Å². The van der Waals surface area contributed by atoms with Crippen LogP contribution >= 0.6 is 0 Å². The van der Waals surface area contributed by atoms with Crippen molar-refractivity contribution in [3.05, 3.63) is 182 Å². The smallest absolute Gasteiger partial charge is 0.0619 e. The molecule has 10 aromatic rings. The first-order valence-corrected chi connectivity index (χ1v) is 16.8. The van der Waals surface area contributed by atoms with Crippen LogP contribution in [0, 0.1) is 0 Å². The van der Waals surface area contributed by atoms with Crippen LogP contribution in [0.3, 0.4) is 0 Å². The molecule has 0 saturated heterocycles. The van der Waals surface area contributed by atoms with Crippen LogP contribution in [0.1, 0.15) is 0 Å². The molecule has 0 N–H and O–H groups in total. The molecule has 2 nitrogen and oxygen atoms in total. The van der Waals surface area contributed by atoms with Gasteiger partial charge in [-0.25, -0.2) is 0 Å². The van der Waals surface area contributed by atoms with Crippen molar-refractivity contribution in [1.82, 2.24) is 9.55 Å². The summed E-state index contributed by atoms with van der Waals surface area (Å²) in [6.07, 6.45) is 3.71. The zero-order valence-electron chi connectivity index (χ0n) is 26.7. The summed E-state index contributed by atoms with van der Waals surface area (Å²) in [4.78, 5) is 4.21. The van der Waals surface area contributed by atoms with Crippen molar-refractivity contribution in [3.63, 3.8) is 0 Å². The molecule has 0 unspecified atom stereocenters. The summed E-state index contributed by atoms with van der Waals surface area (Å²) in [5, 5.41) is 10.1. The number of pyridine rings is 1. The Bertz CT molecular complexity index is 2860. The molecule has 228 valence electrons. The monoisotopic (exact) mass is 622 g/mol. The molecule has 49 heavy (non-hydrogen) atoms. The van der Waals surface area contributed by atoms with E-state index in [9.17, 15) is 0 Å². The number of rotatable bonds is 4. The summed E-state index contributed by atoms with van der Waals surface area (Å²) in [5.41, 5.74) is 10.8. The number of hydrogen-bond donors (Lipinski definition) is 0. The highest BCUT2D eigenvalue weighted by Gasteiger charge is 2.17. The lowest BCUT2D eigenvalue weighted by atomic mass is 9.92. The average molecular weight is 623 g/mol. The van der Waals surface area contributed by atoms with E-state index in [1.165, 1.54) is 87.5 Å². The normalized spacial score (nSPS) is 11.7. The van der Waals surface area contributed by atoms with E-state index in [-0.39, 0.29) is 0 Å². The Morgan fingerprint density at radius 3 is 1.86 bits per heavy atom. The molecule has 2 heterocycles. The molecule has 0 amide bonds. The predicted molar refractivity (Wildman–Crippen MR) is 207 cm³/mol. The summed E-state index contributed by atoms with van der Waals surface area (Å²) in [6, 6.07) is 62.1. The molecule has 0 atom stereocenters. The van der Waals surface area contributed by atoms with E-state index < -0.39 is 0 Å². The molecule has 2 aromatic heterocycles. The van der Waals surface area contributed by atoms with Crippen molar-refractivity contribution in [2.45, 2.75) is 0 Å². The highest BCUT2D eigenvalue weighted by atomic mass is 15.0. The van der Waals surface area contributed by atoms with Gasteiger partial charge in [0.05, 0.1) is 11.0 Å². The summed E-state index contributed by atoms with van der Waals surface area (Å²) < 4.78 is 2.45. The van der Waals surface area contributed by atoms with Gasteiger partial charge >= 0.3 is 0 Å². The Labute approximate surface area is 284 Å². The molecule has 8 aromatic carbocycles. The SMILES string of the molecule is c1ccc(-n2c3cc(-c4cccc(-c5cc6ccccc6c6ccccc56)c4)ccc3c3ccc4cc(-c5ccncc5)ccc4c32)cc1.